The van der Waals surface area contributed by atoms with Crippen molar-refractivity contribution in [3.8, 4) is 0 Å². The molecule has 0 aliphatic heterocycles. The first-order valence-electron chi connectivity index (χ1n) is 4.92. The fourth-order valence-corrected chi connectivity index (χ4v) is 2.35. The van der Waals surface area contributed by atoms with Crippen LogP contribution in [0.25, 0.3) is 0 Å². The number of fused-ring (bicyclic) bond motifs is 1. The molecule has 0 amide bonds. The van der Waals surface area contributed by atoms with Crippen molar-refractivity contribution in [3.63, 3.8) is 0 Å². The molecule has 2 atom stereocenters. The van der Waals surface area contributed by atoms with Crippen molar-refractivity contribution in [1.29, 1.82) is 0 Å². The minimum Gasteiger partial charge on any atom is -0.481 e. The summed E-state index contributed by atoms with van der Waals surface area (Å²) in [7, 11) is 0. The Kier molecular flexibility index (Phi) is 3.40. The van der Waals surface area contributed by atoms with Crippen LogP contribution in [0.3, 0.4) is 0 Å². The van der Waals surface area contributed by atoms with Crippen LogP contribution in [0.15, 0.2) is 18.2 Å². The quantitative estimate of drug-likeness (QED) is 0.800. The van der Waals surface area contributed by atoms with E-state index in [2.05, 4.69) is 19.1 Å². The fraction of sp³-hybridized carbons (Fsp3) is 0.417. The fourth-order valence-electron chi connectivity index (χ4n) is 2.35. The molecule has 0 radical (unpaired) electrons. The van der Waals surface area contributed by atoms with Crippen LogP contribution in [0.1, 0.15) is 29.5 Å². The van der Waals surface area contributed by atoms with Crippen LogP contribution in [-0.2, 0) is 11.2 Å². The summed E-state index contributed by atoms with van der Waals surface area (Å²) in [4.78, 5) is 11.0. The molecule has 0 spiro atoms. The van der Waals surface area contributed by atoms with E-state index >= 15 is 0 Å². The molecule has 1 aromatic rings. The van der Waals surface area contributed by atoms with E-state index in [1.807, 2.05) is 13.0 Å². The van der Waals surface area contributed by atoms with Crippen molar-refractivity contribution < 1.29 is 9.90 Å². The van der Waals surface area contributed by atoms with Gasteiger partial charge in [0, 0.05) is 0 Å². The summed E-state index contributed by atoms with van der Waals surface area (Å²) in [6, 6.07) is 6.11. The van der Waals surface area contributed by atoms with Crippen molar-refractivity contribution in [2.24, 2.45) is 5.92 Å². The van der Waals surface area contributed by atoms with Gasteiger partial charge in [-0.05, 0) is 36.0 Å². The molecule has 0 unspecified atom stereocenters. The van der Waals surface area contributed by atoms with Crippen molar-refractivity contribution >= 4 is 18.4 Å². The van der Waals surface area contributed by atoms with Gasteiger partial charge >= 0.3 is 5.97 Å². The van der Waals surface area contributed by atoms with Crippen LogP contribution in [0.5, 0.6) is 0 Å². The predicted molar refractivity (Wildman–Crippen MR) is 61.7 cm³/mol. The number of hydrogen-bond acceptors (Lipinski definition) is 1. The minimum atomic E-state index is -0.673. The number of carboxylic acid groups (broad SMARTS) is 1. The Labute approximate surface area is 95.7 Å². The summed E-state index contributed by atoms with van der Waals surface area (Å²) in [5, 5.41) is 9.05. The van der Waals surface area contributed by atoms with E-state index in [9.17, 15) is 4.79 Å². The highest BCUT2D eigenvalue weighted by molar-refractivity contribution is 5.85. The monoisotopic (exact) mass is 226 g/mol. The van der Waals surface area contributed by atoms with Gasteiger partial charge < -0.3 is 5.11 Å². The Balaban J connectivity index is 0.00000112. The minimum absolute atomic E-state index is 0. The summed E-state index contributed by atoms with van der Waals surface area (Å²) in [5.41, 5.74) is 3.68. The van der Waals surface area contributed by atoms with Gasteiger partial charge in [-0.25, -0.2) is 0 Å². The summed E-state index contributed by atoms with van der Waals surface area (Å²) >= 11 is 0. The second-order valence-corrected chi connectivity index (χ2v) is 4.08. The summed E-state index contributed by atoms with van der Waals surface area (Å²) < 4.78 is 0. The van der Waals surface area contributed by atoms with Gasteiger partial charge in [-0.15, -0.1) is 12.4 Å². The van der Waals surface area contributed by atoms with Crippen molar-refractivity contribution in [2.45, 2.75) is 26.2 Å². The number of benzene rings is 1. The zero-order chi connectivity index (χ0) is 10.3. The van der Waals surface area contributed by atoms with Gasteiger partial charge in [0.25, 0.3) is 0 Å². The molecule has 1 N–H and O–H groups in total. The van der Waals surface area contributed by atoms with E-state index in [0.717, 1.165) is 0 Å². The van der Waals surface area contributed by atoms with Crippen LogP contribution in [0, 0.1) is 12.8 Å². The molecule has 1 aliphatic carbocycles. The lowest BCUT2D eigenvalue weighted by atomic mass is 9.95. The highest BCUT2D eigenvalue weighted by Gasteiger charge is 2.34. The molecule has 0 heterocycles. The molecule has 0 saturated heterocycles. The van der Waals surface area contributed by atoms with Gasteiger partial charge in [0.2, 0.25) is 0 Å². The van der Waals surface area contributed by atoms with Crippen LogP contribution in [-0.4, -0.2) is 11.1 Å². The summed E-state index contributed by atoms with van der Waals surface area (Å²) in [6.45, 7) is 4.06. The van der Waals surface area contributed by atoms with E-state index in [1.165, 1.54) is 16.7 Å². The Hall–Kier alpha value is -1.02. The van der Waals surface area contributed by atoms with E-state index in [1.54, 1.807) is 0 Å². The van der Waals surface area contributed by atoms with Gasteiger partial charge in [0.1, 0.15) is 0 Å². The second-order valence-electron chi connectivity index (χ2n) is 4.08. The number of hydrogen-bond donors (Lipinski definition) is 1. The number of halogens is 1. The lowest BCUT2D eigenvalue weighted by Gasteiger charge is -2.09. The molecule has 82 valence electrons. The molecule has 0 saturated carbocycles. The molecule has 0 bridgehead atoms. The third kappa shape index (κ3) is 1.86. The third-order valence-corrected chi connectivity index (χ3v) is 3.28. The van der Waals surface area contributed by atoms with Crippen LogP contribution < -0.4 is 0 Å². The average molecular weight is 227 g/mol. The Bertz CT molecular complexity index is 387. The first-order chi connectivity index (χ1) is 6.61. The van der Waals surface area contributed by atoms with E-state index in [0.29, 0.717) is 6.42 Å². The highest BCUT2D eigenvalue weighted by atomic mass is 35.5. The first-order valence-corrected chi connectivity index (χ1v) is 4.92. The Morgan fingerprint density at radius 2 is 2.13 bits per heavy atom. The van der Waals surface area contributed by atoms with Crippen LogP contribution >= 0.6 is 12.4 Å². The Morgan fingerprint density at radius 3 is 2.67 bits per heavy atom. The molecular formula is C12H15ClO2. The number of carbonyl (C=O) groups is 1. The summed E-state index contributed by atoms with van der Waals surface area (Å²) in [5.74, 6) is -0.749. The first kappa shape index (κ1) is 12.1. The molecule has 1 aromatic carbocycles. The Morgan fingerprint density at radius 1 is 1.47 bits per heavy atom. The maximum Gasteiger partial charge on any atom is 0.307 e. The van der Waals surface area contributed by atoms with E-state index in [-0.39, 0.29) is 24.2 Å². The zero-order valence-corrected chi connectivity index (χ0v) is 9.67. The molecule has 2 rings (SSSR count). The van der Waals surface area contributed by atoms with Crippen LogP contribution in [0.4, 0.5) is 0 Å². The normalized spacial score (nSPS) is 23.1. The lowest BCUT2D eigenvalue weighted by Crippen LogP contribution is -2.16. The molecule has 1 aliphatic rings. The molecule has 2 nitrogen and oxygen atoms in total. The standard InChI is InChI=1S/C12H14O2.ClH/c1-7-4-3-5-9-8(2)11(12(13)14)6-10(7)9;/h3-5,8,11H,6H2,1-2H3,(H,13,14);1H/t8-,11+;/m1./s1. The number of aryl methyl sites for hydroxylation is 1. The molecular weight excluding hydrogens is 212 g/mol. The number of rotatable bonds is 1. The predicted octanol–water partition coefficient (Wildman–Crippen LogP) is 2.78. The van der Waals surface area contributed by atoms with Crippen molar-refractivity contribution in [3.05, 3.63) is 34.9 Å². The van der Waals surface area contributed by atoms with Gasteiger partial charge in [-0.1, -0.05) is 25.1 Å². The summed E-state index contributed by atoms with van der Waals surface area (Å²) in [6.07, 6.45) is 0.693. The molecule has 0 fully saturated rings. The molecule has 15 heavy (non-hydrogen) atoms. The number of carboxylic acids is 1. The second kappa shape index (κ2) is 4.23. The van der Waals surface area contributed by atoms with Gasteiger partial charge in [-0.3, -0.25) is 4.79 Å². The molecule has 0 aromatic heterocycles. The highest BCUT2D eigenvalue weighted by Crippen LogP contribution is 2.38. The lowest BCUT2D eigenvalue weighted by molar-refractivity contribution is -0.142. The zero-order valence-electron chi connectivity index (χ0n) is 8.86. The van der Waals surface area contributed by atoms with E-state index < -0.39 is 5.97 Å². The smallest absolute Gasteiger partial charge is 0.307 e. The molecule has 3 heteroatoms. The van der Waals surface area contributed by atoms with Gasteiger partial charge in [0.15, 0.2) is 0 Å². The van der Waals surface area contributed by atoms with Crippen LogP contribution in [0.2, 0.25) is 0 Å². The average Bonchev–Trinajstić information content (AvgIpc) is 2.46. The van der Waals surface area contributed by atoms with Gasteiger partial charge in [0.05, 0.1) is 5.92 Å². The number of aliphatic carboxylic acids is 1. The maximum atomic E-state index is 11.0. The van der Waals surface area contributed by atoms with Crippen molar-refractivity contribution in [1.82, 2.24) is 0 Å². The topological polar surface area (TPSA) is 37.3 Å². The third-order valence-electron chi connectivity index (χ3n) is 3.28. The van der Waals surface area contributed by atoms with E-state index in [4.69, 9.17) is 5.11 Å². The largest absolute Gasteiger partial charge is 0.481 e. The van der Waals surface area contributed by atoms with Gasteiger partial charge in [-0.2, -0.15) is 0 Å². The van der Waals surface area contributed by atoms with Crippen molar-refractivity contribution in [2.75, 3.05) is 0 Å². The SMILES string of the molecule is Cc1cccc2c1C[C@H](C(=O)O)[C@@H]2C.Cl. The maximum absolute atomic E-state index is 11.0.